The molecule has 1 heterocycles. The largest absolute Gasteiger partial charge is 0.500 e. The number of aromatic nitrogens is 1. The molecule has 0 spiro atoms. The molecule has 7 heteroatoms. The van der Waals surface area contributed by atoms with Gasteiger partial charge < -0.3 is 9.47 Å². The van der Waals surface area contributed by atoms with Gasteiger partial charge in [-0.05, 0) is 20.8 Å². The topological polar surface area (TPSA) is 81.3 Å². The van der Waals surface area contributed by atoms with Gasteiger partial charge in [-0.2, -0.15) is 5.26 Å². The van der Waals surface area contributed by atoms with Crippen LogP contribution in [0, 0.1) is 11.3 Å². The number of thiazole rings is 1. The predicted molar refractivity (Wildman–Crippen MR) is 75.2 cm³/mol. The molecule has 108 valence electrons. The Bertz CT molecular complexity index is 693. The highest BCUT2D eigenvalue weighted by Crippen LogP contribution is 1.96. The Labute approximate surface area is 120 Å². The lowest BCUT2D eigenvalue weighted by Gasteiger charge is -2.00. The molecule has 0 fully saturated rings. The Kier molecular flexibility index (Phi) is 6.00. The van der Waals surface area contributed by atoms with Gasteiger partial charge in [0.1, 0.15) is 21.5 Å². The Morgan fingerprint density at radius 1 is 1.40 bits per heavy atom. The first kappa shape index (κ1) is 16.0. The van der Waals surface area contributed by atoms with Crippen LogP contribution >= 0.6 is 11.3 Å². The zero-order chi connectivity index (χ0) is 15.1. The smallest absolute Gasteiger partial charge is 0.351 e. The number of ether oxygens (including phenoxy) is 2. The van der Waals surface area contributed by atoms with E-state index in [1.54, 1.807) is 20.8 Å². The van der Waals surface area contributed by atoms with Crippen molar-refractivity contribution in [3.05, 3.63) is 19.5 Å². The Morgan fingerprint density at radius 2 is 2.10 bits per heavy atom. The minimum absolute atomic E-state index is 0.160. The van der Waals surface area contributed by atoms with Crippen molar-refractivity contribution in [2.75, 3.05) is 13.2 Å². The Hall–Kier alpha value is -2.07. The molecule has 0 amide bonds. The fraction of sp³-hybridized carbons (Fsp3) is 0.462. The molecule has 0 saturated carbocycles. The molecule has 0 atom stereocenters. The third-order valence-corrected chi connectivity index (χ3v) is 3.49. The highest BCUT2D eigenvalue weighted by atomic mass is 32.1. The summed E-state index contributed by atoms with van der Waals surface area (Å²) in [5.41, 5.74) is -0.440. The van der Waals surface area contributed by atoms with E-state index in [-0.39, 0.29) is 17.7 Å². The molecule has 0 bridgehead atoms. The van der Waals surface area contributed by atoms with Gasteiger partial charge in [0.2, 0.25) is 0 Å². The van der Waals surface area contributed by atoms with Crippen molar-refractivity contribution in [3.8, 4) is 6.07 Å². The van der Waals surface area contributed by atoms with Crippen LogP contribution in [0.2, 0.25) is 0 Å². The van der Waals surface area contributed by atoms with E-state index < -0.39 is 5.97 Å². The average molecular weight is 296 g/mol. The van der Waals surface area contributed by atoms with Gasteiger partial charge >= 0.3 is 5.97 Å². The molecule has 0 saturated heterocycles. The molecule has 1 aromatic rings. The van der Waals surface area contributed by atoms with Gasteiger partial charge in [-0.25, -0.2) is 4.79 Å². The van der Waals surface area contributed by atoms with E-state index in [0.29, 0.717) is 22.3 Å². The van der Waals surface area contributed by atoms with Gasteiger partial charge in [0.05, 0.1) is 13.2 Å². The minimum Gasteiger partial charge on any atom is -0.500 e. The number of esters is 1. The molecule has 1 rings (SSSR count). The maximum atomic E-state index is 12.1. The summed E-state index contributed by atoms with van der Waals surface area (Å²) in [5.74, 6) is -0.721. The lowest BCUT2D eigenvalue weighted by atomic mass is 10.3. The third-order valence-electron chi connectivity index (χ3n) is 2.39. The first-order chi connectivity index (χ1) is 9.60. The molecule has 0 unspecified atom stereocenters. The fourth-order valence-corrected chi connectivity index (χ4v) is 2.59. The number of hydrogen-bond donors (Lipinski definition) is 0. The van der Waals surface area contributed by atoms with Crippen LogP contribution in [0.25, 0.3) is 11.8 Å². The SMILES string of the molecule is CCOC=c1sc(=C(C#N)C(=O)OCC)n(CC)c1=O. The predicted octanol–water partition coefficient (Wildman–Crippen LogP) is -0.0584. The summed E-state index contributed by atoms with van der Waals surface area (Å²) in [4.78, 5) is 23.9. The quantitative estimate of drug-likeness (QED) is 0.711. The maximum absolute atomic E-state index is 12.1. The van der Waals surface area contributed by atoms with Crippen molar-refractivity contribution in [2.24, 2.45) is 0 Å². The molecule has 20 heavy (non-hydrogen) atoms. The summed E-state index contributed by atoms with van der Waals surface area (Å²) in [7, 11) is 0. The second-order valence-corrected chi connectivity index (χ2v) is 4.63. The second-order valence-electron chi connectivity index (χ2n) is 3.60. The second kappa shape index (κ2) is 7.50. The van der Waals surface area contributed by atoms with Gasteiger partial charge in [-0.1, -0.05) is 0 Å². The monoisotopic (exact) mass is 296 g/mol. The van der Waals surface area contributed by atoms with Gasteiger partial charge in [-0.15, -0.1) is 11.3 Å². The normalized spacial score (nSPS) is 12.8. The highest BCUT2D eigenvalue weighted by molar-refractivity contribution is 7.07. The third kappa shape index (κ3) is 3.27. The van der Waals surface area contributed by atoms with Crippen LogP contribution < -0.4 is 14.8 Å². The molecule has 0 radical (unpaired) electrons. The van der Waals surface area contributed by atoms with Crippen molar-refractivity contribution in [2.45, 2.75) is 27.3 Å². The summed E-state index contributed by atoms with van der Waals surface area (Å²) in [5, 5.41) is 9.13. The van der Waals surface area contributed by atoms with E-state index in [2.05, 4.69) is 0 Å². The summed E-state index contributed by atoms with van der Waals surface area (Å²) in [6, 6.07) is 1.81. The van der Waals surface area contributed by atoms with Crippen molar-refractivity contribution < 1.29 is 14.3 Å². The fourth-order valence-electron chi connectivity index (χ4n) is 1.52. The molecule has 0 aliphatic heterocycles. The summed E-state index contributed by atoms with van der Waals surface area (Å²) in [6.45, 7) is 6.18. The summed E-state index contributed by atoms with van der Waals surface area (Å²) in [6.07, 6.45) is 1.35. The molecular formula is C13H16N2O4S. The van der Waals surface area contributed by atoms with Crippen molar-refractivity contribution >= 4 is 29.1 Å². The molecular weight excluding hydrogens is 280 g/mol. The van der Waals surface area contributed by atoms with Gasteiger partial charge in [-0.3, -0.25) is 9.36 Å². The van der Waals surface area contributed by atoms with Crippen LogP contribution in [-0.4, -0.2) is 23.8 Å². The molecule has 1 aromatic heterocycles. The van der Waals surface area contributed by atoms with E-state index >= 15 is 0 Å². The number of nitrogens with zero attached hydrogens (tertiary/aromatic N) is 2. The van der Waals surface area contributed by atoms with E-state index in [1.807, 2.05) is 6.07 Å². The molecule has 0 aromatic carbocycles. The maximum Gasteiger partial charge on any atom is 0.351 e. The average Bonchev–Trinajstić information content (AvgIpc) is 2.74. The van der Waals surface area contributed by atoms with Crippen molar-refractivity contribution in [1.29, 1.82) is 5.26 Å². The van der Waals surface area contributed by atoms with E-state index in [4.69, 9.17) is 14.7 Å². The number of carbonyl (C=O) groups excluding carboxylic acids is 1. The van der Waals surface area contributed by atoms with E-state index in [0.717, 1.165) is 11.3 Å². The highest BCUT2D eigenvalue weighted by Gasteiger charge is 2.16. The first-order valence-electron chi connectivity index (χ1n) is 6.23. The number of rotatable bonds is 5. The van der Waals surface area contributed by atoms with Gasteiger partial charge in [0, 0.05) is 6.54 Å². The molecule has 0 aliphatic rings. The van der Waals surface area contributed by atoms with Crippen molar-refractivity contribution in [1.82, 2.24) is 4.57 Å². The first-order valence-corrected chi connectivity index (χ1v) is 7.05. The molecule has 0 aliphatic carbocycles. The van der Waals surface area contributed by atoms with Crippen LogP contribution in [0.5, 0.6) is 0 Å². The summed E-state index contributed by atoms with van der Waals surface area (Å²) >= 11 is 1.05. The number of hydrogen-bond acceptors (Lipinski definition) is 6. The molecule has 0 N–H and O–H groups in total. The molecule has 6 nitrogen and oxygen atoms in total. The van der Waals surface area contributed by atoms with Crippen molar-refractivity contribution in [3.63, 3.8) is 0 Å². The zero-order valence-corrected chi connectivity index (χ0v) is 12.5. The summed E-state index contributed by atoms with van der Waals surface area (Å²) < 4.78 is 11.9. The van der Waals surface area contributed by atoms with Crippen LogP contribution in [0.15, 0.2) is 4.79 Å². The number of carbonyl (C=O) groups is 1. The minimum atomic E-state index is -0.721. The zero-order valence-electron chi connectivity index (χ0n) is 11.6. The Morgan fingerprint density at radius 3 is 2.60 bits per heavy atom. The van der Waals surface area contributed by atoms with Crippen LogP contribution in [-0.2, 0) is 20.8 Å². The van der Waals surface area contributed by atoms with Crippen LogP contribution in [0.1, 0.15) is 20.8 Å². The van der Waals surface area contributed by atoms with Crippen LogP contribution in [0.4, 0.5) is 0 Å². The standard InChI is InChI=1S/C13H16N2O4S/c1-4-15-11(16)10(8-18-5-2)20-12(15)9(7-14)13(17)19-6-3/h8H,4-6H2,1-3H3. The van der Waals surface area contributed by atoms with Gasteiger partial charge in [0.15, 0.2) is 5.57 Å². The van der Waals surface area contributed by atoms with E-state index in [9.17, 15) is 9.59 Å². The van der Waals surface area contributed by atoms with E-state index in [1.165, 1.54) is 10.8 Å². The van der Waals surface area contributed by atoms with Gasteiger partial charge in [0.25, 0.3) is 5.56 Å². The number of nitriles is 1. The van der Waals surface area contributed by atoms with Crippen LogP contribution in [0.3, 0.4) is 0 Å². The Balaban J connectivity index is 3.63. The lowest BCUT2D eigenvalue weighted by molar-refractivity contribution is -0.136. The lowest BCUT2D eigenvalue weighted by Crippen LogP contribution is -2.32.